The SMILES string of the molecule is CCn1nnnc1SCCC(=O)Nc1ccc2c(c1)CCC2. The van der Waals surface area contributed by atoms with E-state index in [2.05, 4.69) is 33.0 Å². The second kappa shape index (κ2) is 6.91. The molecule has 6 nitrogen and oxygen atoms in total. The van der Waals surface area contributed by atoms with Gasteiger partial charge in [0.15, 0.2) is 0 Å². The first kappa shape index (κ1) is 15.0. The molecule has 3 rings (SSSR count). The summed E-state index contributed by atoms with van der Waals surface area (Å²) >= 11 is 1.50. The van der Waals surface area contributed by atoms with Crippen molar-refractivity contribution in [3.05, 3.63) is 29.3 Å². The lowest BCUT2D eigenvalue weighted by Gasteiger charge is -2.07. The highest BCUT2D eigenvalue weighted by Crippen LogP contribution is 2.25. The van der Waals surface area contributed by atoms with E-state index in [0.717, 1.165) is 30.2 Å². The van der Waals surface area contributed by atoms with Gasteiger partial charge in [-0.3, -0.25) is 4.79 Å². The van der Waals surface area contributed by atoms with E-state index in [0.29, 0.717) is 12.2 Å². The van der Waals surface area contributed by atoms with Gasteiger partial charge in [0.05, 0.1) is 0 Å². The lowest BCUT2D eigenvalue weighted by Crippen LogP contribution is -2.12. The second-order valence-electron chi connectivity index (χ2n) is 5.26. The number of thioether (sulfide) groups is 1. The number of anilines is 1. The first-order chi connectivity index (χ1) is 10.8. The van der Waals surface area contributed by atoms with E-state index < -0.39 is 0 Å². The van der Waals surface area contributed by atoms with Crippen molar-refractivity contribution in [2.24, 2.45) is 0 Å². The van der Waals surface area contributed by atoms with E-state index in [-0.39, 0.29) is 5.91 Å². The number of amides is 1. The zero-order valence-electron chi connectivity index (χ0n) is 12.6. The minimum atomic E-state index is 0.0287. The highest BCUT2D eigenvalue weighted by atomic mass is 32.2. The van der Waals surface area contributed by atoms with Gasteiger partial charge in [0, 0.05) is 24.4 Å². The molecule has 1 amide bonds. The van der Waals surface area contributed by atoms with Crippen LogP contribution in [0.5, 0.6) is 0 Å². The number of hydrogen-bond acceptors (Lipinski definition) is 5. The Labute approximate surface area is 133 Å². The molecule has 0 radical (unpaired) electrons. The Balaban J connectivity index is 1.48. The fourth-order valence-electron chi connectivity index (χ4n) is 2.61. The molecule has 0 unspecified atom stereocenters. The predicted molar refractivity (Wildman–Crippen MR) is 85.9 cm³/mol. The molecule has 22 heavy (non-hydrogen) atoms. The maximum atomic E-state index is 12.0. The van der Waals surface area contributed by atoms with Crippen LogP contribution in [0.15, 0.2) is 23.4 Å². The molecule has 0 fully saturated rings. The number of aromatic nitrogens is 4. The molecular formula is C15H19N5OS. The smallest absolute Gasteiger partial charge is 0.225 e. The van der Waals surface area contributed by atoms with Crippen LogP contribution in [0.2, 0.25) is 0 Å². The Kier molecular flexibility index (Phi) is 4.72. The number of nitrogens with one attached hydrogen (secondary N) is 1. The summed E-state index contributed by atoms with van der Waals surface area (Å²) in [6.07, 6.45) is 3.94. The van der Waals surface area contributed by atoms with Crippen LogP contribution >= 0.6 is 11.8 Å². The number of carbonyl (C=O) groups excluding carboxylic acids is 1. The van der Waals surface area contributed by atoms with Crippen molar-refractivity contribution >= 4 is 23.4 Å². The maximum absolute atomic E-state index is 12.0. The van der Waals surface area contributed by atoms with Crippen LogP contribution in [0.4, 0.5) is 5.69 Å². The van der Waals surface area contributed by atoms with Crippen molar-refractivity contribution in [3.63, 3.8) is 0 Å². The van der Waals surface area contributed by atoms with Crippen molar-refractivity contribution in [2.75, 3.05) is 11.1 Å². The van der Waals surface area contributed by atoms with Crippen molar-refractivity contribution in [3.8, 4) is 0 Å². The molecule has 2 aromatic rings. The molecule has 1 aliphatic carbocycles. The summed E-state index contributed by atoms with van der Waals surface area (Å²) in [6.45, 7) is 2.72. The number of hydrogen-bond donors (Lipinski definition) is 1. The molecule has 1 N–H and O–H groups in total. The van der Waals surface area contributed by atoms with Gasteiger partial charge in [0.2, 0.25) is 11.1 Å². The van der Waals surface area contributed by atoms with E-state index in [1.165, 1.54) is 29.3 Å². The molecular weight excluding hydrogens is 298 g/mol. The first-order valence-electron chi connectivity index (χ1n) is 7.57. The largest absolute Gasteiger partial charge is 0.326 e. The first-order valence-corrected chi connectivity index (χ1v) is 8.55. The third-order valence-electron chi connectivity index (χ3n) is 3.74. The van der Waals surface area contributed by atoms with Gasteiger partial charge in [-0.15, -0.1) is 5.10 Å². The average molecular weight is 317 g/mol. The van der Waals surface area contributed by atoms with Gasteiger partial charge in [-0.25, -0.2) is 4.68 Å². The number of aryl methyl sites for hydroxylation is 3. The summed E-state index contributed by atoms with van der Waals surface area (Å²) in [5.74, 6) is 0.693. The minimum absolute atomic E-state index is 0.0287. The molecule has 0 spiro atoms. The quantitative estimate of drug-likeness (QED) is 0.828. The summed E-state index contributed by atoms with van der Waals surface area (Å²) in [4.78, 5) is 12.0. The van der Waals surface area contributed by atoms with Crippen molar-refractivity contribution < 1.29 is 4.79 Å². The fourth-order valence-corrected chi connectivity index (χ4v) is 3.49. The molecule has 1 heterocycles. The fraction of sp³-hybridized carbons (Fsp3) is 0.467. The van der Waals surface area contributed by atoms with Gasteiger partial charge in [-0.2, -0.15) is 0 Å². The monoisotopic (exact) mass is 317 g/mol. The normalized spacial score (nSPS) is 13.1. The topological polar surface area (TPSA) is 72.7 Å². The van der Waals surface area contributed by atoms with E-state index in [4.69, 9.17) is 0 Å². The Morgan fingerprint density at radius 1 is 1.36 bits per heavy atom. The van der Waals surface area contributed by atoms with E-state index in [1.807, 2.05) is 13.0 Å². The molecule has 0 bridgehead atoms. The third kappa shape index (κ3) is 3.47. The maximum Gasteiger partial charge on any atom is 0.225 e. The summed E-state index contributed by atoms with van der Waals surface area (Å²) in [6, 6.07) is 6.22. The molecule has 1 aromatic carbocycles. The average Bonchev–Trinajstić information content (AvgIpc) is 3.15. The van der Waals surface area contributed by atoms with Crippen molar-refractivity contribution in [2.45, 2.75) is 44.3 Å². The molecule has 0 saturated heterocycles. The Bertz CT molecular complexity index is 670. The summed E-state index contributed by atoms with van der Waals surface area (Å²) in [5.41, 5.74) is 3.68. The van der Waals surface area contributed by atoms with Crippen LogP contribution in [-0.2, 0) is 24.2 Å². The number of benzene rings is 1. The number of tetrazole rings is 1. The molecule has 1 aliphatic rings. The van der Waals surface area contributed by atoms with E-state index in [1.54, 1.807) is 4.68 Å². The number of carbonyl (C=O) groups is 1. The lowest BCUT2D eigenvalue weighted by atomic mass is 10.1. The van der Waals surface area contributed by atoms with E-state index >= 15 is 0 Å². The van der Waals surface area contributed by atoms with Crippen molar-refractivity contribution in [1.29, 1.82) is 0 Å². The standard InChI is InChI=1S/C15H19N5OS/c1-2-20-15(17-18-19-20)22-9-8-14(21)16-13-7-6-11-4-3-5-12(11)10-13/h6-7,10H,2-5,8-9H2,1H3,(H,16,21). The molecule has 116 valence electrons. The molecule has 0 atom stereocenters. The Morgan fingerprint density at radius 2 is 2.23 bits per heavy atom. The minimum Gasteiger partial charge on any atom is -0.326 e. The van der Waals surface area contributed by atoms with Gasteiger partial charge in [-0.1, -0.05) is 17.8 Å². The van der Waals surface area contributed by atoms with Crippen LogP contribution < -0.4 is 5.32 Å². The van der Waals surface area contributed by atoms with Gasteiger partial charge in [0.1, 0.15) is 0 Å². The van der Waals surface area contributed by atoms with Crippen LogP contribution in [0.25, 0.3) is 0 Å². The van der Waals surface area contributed by atoms with Crippen LogP contribution in [-0.4, -0.2) is 31.9 Å². The van der Waals surface area contributed by atoms with Gasteiger partial charge < -0.3 is 5.32 Å². The van der Waals surface area contributed by atoms with Crippen molar-refractivity contribution in [1.82, 2.24) is 20.2 Å². The van der Waals surface area contributed by atoms with Crippen LogP contribution in [0.3, 0.4) is 0 Å². The molecule has 0 saturated carbocycles. The Hall–Kier alpha value is -1.89. The van der Waals surface area contributed by atoms with Gasteiger partial charge in [-0.05, 0) is 59.9 Å². The Morgan fingerprint density at radius 3 is 3.09 bits per heavy atom. The van der Waals surface area contributed by atoms with Crippen LogP contribution in [0, 0.1) is 0 Å². The zero-order chi connectivity index (χ0) is 15.4. The van der Waals surface area contributed by atoms with Crippen LogP contribution in [0.1, 0.15) is 30.9 Å². The third-order valence-corrected chi connectivity index (χ3v) is 4.70. The predicted octanol–water partition coefficient (Wildman–Crippen LogP) is 2.30. The number of rotatable bonds is 6. The molecule has 1 aromatic heterocycles. The van der Waals surface area contributed by atoms with Gasteiger partial charge in [0.25, 0.3) is 0 Å². The number of fused-ring (bicyclic) bond motifs is 1. The van der Waals surface area contributed by atoms with Gasteiger partial charge >= 0.3 is 0 Å². The summed E-state index contributed by atoms with van der Waals surface area (Å²) in [7, 11) is 0. The highest BCUT2D eigenvalue weighted by molar-refractivity contribution is 7.99. The summed E-state index contributed by atoms with van der Waals surface area (Å²) in [5, 5.41) is 15.2. The molecule has 0 aliphatic heterocycles. The summed E-state index contributed by atoms with van der Waals surface area (Å²) < 4.78 is 1.73. The molecule has 7 heteroatoms. The highest BCUT2D eigenvalue weighted by Gasteiger charge is 2.12. The zero-order valence-corrected chi connectivity index (χ0v) is 13.4. The second-order valence-corrected chi connectivity index (χ2v) is 6.32. The number of nitrogens with zero attached hydrogens (tertiary/aromatic N) is 4. The van der Waals surface area contributed by atoms with E-state index in [9.17, 15) is 4.79 Å². The lowest BCUT2D eigenvalue weighted by molar-refractivity contribution is -0.115.